The van der Waals surface area contributed by atoms with E-state index in [9.17, 15) is 4.79 Å². The SMILES string of the molecule is Cc1cc(OCC(=O)N2CCCCC2CCN2CCCC2)ccc1Cl.Cl. The number of piperidine rings is 1. The van der Waals surface area contributed by atoms with Gasteiger partial charge in [-0.3, -0.25) is 4.79 Å². The lowest BCUT2D eigenvalue weighted by Crippen LogP contribution is -2.47. The summed E-state index contributed by atoms with van der Waals surface area (Å²) < 4.78 is 5.72. The van der Waals surface area contributed by atoms with Gasteiger partial charge in [0, 0.05) is 24.2 Å². The summed E-state index contributed by atoms with van der Waals surface area (Å²) in [7, 11) is 0. The van der Waals surface area contributed by atoms with Gasteiger partial charge in [0.15, 0.2) is 6.61 Å². The van der Waals surface area contributed by atoms with Gasteiger partial charge < -0.3 is 14.5 Å². The molecule has 0 spiro atoms. The first-order chi connectivity index (χ1) is 12.1. The number of halogens is 2. The Morgan fingerprint density at radius 2 is 1.92 bits per heavy atom. The fraction of sp³-hybridized carbons (Fsp3) is 0.650. The minimum Gasteiger partial charge on any atom is -0.484 e. The zero-order chi connectivity index (χ0) is 17.6. The number of hydrogen-bond donors (Lipinski definition) is 0. The van der Waals surface area contributed by atoms with Crippen LogP contribution < -0.4 is 4.74 Å². The Morgan fingerprint density at radius 1 is 1.19 bits per heavy atom. The average Bonchev–Trinajstić information content (AvgIpc) is 3.14. The molecular formula is C20H30Cl2N2O2. The van der Waals surface area contributed by atoms with Crippen molar-refractivity contribution >= 4 is 29.9 Å². The van der Waals surface area contributed by atoms with Gasteiger partial charge in [0.1, 0.15) is 5.75 Å². The van der Waals surface area contributed by atoms with E-state index in [0.29, 0.717) is 11.8 Å². The Balaban J connectivity index is 0.00000243. The molecule has 1 atom stereocenters. The number of carbonyl (C=O) groups is 1. The quantitative estimate of drug-likeness (QED) is 0.712. The van der Waals surface area contributed by atoms with Crippen molar-refractivity contribution in [2.45, 2.75) is 51.5 Å². The van der Waals surface area contributed by atoms with Crippen LogP contribution in [0.1, 0.15) is 44.1 Å². The second-order valence-electron chi connectivity index (χ2n) is 7.27. The lowest BCUT2D eigenvalue weighted by atomic mass is 9.99. The van der Waals surface area contributed by atoms with Crippen LogP contribution in [-0.4, -0.2) is 54.5 Å². The standard InChI is InChI=1S/C20H29ClN2O2.ClH/c1-16-14-18(7-8-19(16)21)25-15-20(24)23-12-3-2-6-17(23)9-13-22-10-4-5-11-22;/h7-8,14,17H,2-6,9-13,15H2,1H3;1H. The predicted molar refractivity (Wildman–Crippen MR) is 109 cm³/mol. The molecule has 0 saturated carbocycles. The molecule has 2 heterocycles. The lowest BCUT2D eigenvalue weighted by Gasteiger charge is -2.36. The molecule has 1 amide bonds. The van der Waals surface area contributed by atoms with Gasteiger partial charge in [0.2, 0.25) is 0 Å². The largest absolute Gasteiger partial charge is 0.484 e. The molecule has 4 nitrogen and oxygen atoms in total. The second-order valence-corrected chi connectivity index (χ2v) is 7.68. The summed E-state index contributed by atoms with van der Waals surface area (Å²) in [4.78, 5) is 17.3. The van der Waals surface area contributed by atoms with E-state index in [4.69, 9.17) is 16.3 Å². The summed E-state index contributed by atoms with van der Waals surface area (Å²) in [6.07, 6.45) is 7.19. The third kappa shape index (κ3) is 5.77. The van der Waals surface area contributed by atoms with E-state index in [0.717, 1.165) is 42.9 Å². The molecule has 0 radical (unpaired) electrons. The highest BCUT2D eigenvalue weighted by molar-refractivity contribution is 6.31. The number of likely N-dealkylation sites (tertiary alicyclic amines) is 2. The molecule has 0 aromatic heterocycles. The maximum Gasteiger partial charge on any atom is 0.260 e. The Hall–Kier alpha value is -0.970. The lowest BCUT2D eigenvalue weighted by molar-refractivity contribution is -0.137. The van der Waals surface area contributed by atoms with Gasteiger partial charge in [-0.25, -0.2) is 0 Å². The molecule has 0 aliphatic carbocycles. The van der Waals surface area contributed by atoms with Gasteiger partial charge in [-0.2, -0.15) is 0 Å². The van der Waals surface area contributed by atoms with Crippen molar-refractivity contribution in [3.63, 3.8) is 0 Å². The van der Waals surface area contributed by atoms with Crippen LogP contribution >= 0.6 is 24.0 Å². The molecule has 0 bridgehead atoms. The molecule has 0 N–H and O–H groups in total. The van der Waals surface area contributed by atoms with Crippen LogP contribution in [0.4, 0.5) is 0 Å². The number of ether oxygens (including phenoxy) is 1. The van der Waals surface area contributed by atoms with Crippen molar-refractivity contribution in [3.05, 3.63) is 28.8 Å². The van der Waals surface area contributed by atoms with Gasteiger partial charge in [0.25, 0.3) is 5.91 Å². The number of benzene rings is 1. The van der Waals surface area contributed by atoms with Crippen LogP contribution in [-0.2, 0) is 4.79 Å². The predicted octanol–water partition coefficient (Wildman–Crippen LogP) is 4.32. The van der Waals surface area contributed by atoms with E-state index in [-0.39, 0.29) is 24.9 Å². The molecular weight excluding hydrogens is 371 g/mol. The third-order valence-corrected chi connectivity index (χ3v) is 5.84. The van der Waals surface area contributed by atoms with Crippen molar-refractivity contribution in [1.29, 1.82) is 0 Å². The molecule has 146 valence electrons. The summed E-state index contributed by atoms with van der Waals surface area (Å²) in [5, 5.41) is 0.719. The van der Waals surface area contributed by atoms with Crippen LogP contribution in [0.2, 0.25) is 5.02 Å². The molecule has 3 rings (SSSR count). The highest BCUT2D eigenvalue weighted by atomic mass is 35.5. The highest BCUT2D eigenvalue weighted by Crippen LogP contribution is 2.23. The van der Waals surface area contributed by atoms with Crippen LogP contribution in [0, 0.1) is 6.92 Å². The molecule has 26 heavy (non-hydrogen) atoms. The van der Waals surface area contributed by atoms with Gasteiger partial charge in [0.05, 0.1) is 0 Å². The molecule has 2 aliphatic heterocycles. The molecule has 2 aliphatic rings. The highest BCUT2D eigenvalue weighted by Gasteiger charge is 2.27. The molecule has 2 fully saturated rings. The molecule has 1 unspecified atom stereocenters. The second kappa shape index (κ2) is 10.4. The Kier molecular flexibility index (Phi) is 8.52. The minimum absolute atomic E-state index is 0. The fourth-order valence-corrected chi connectivity index (χ4v) is 4.02. The van der Waals surface area contributed by atoms with Crippen molar-refractivity contribution in [1.82, 2.24) is 9.80 Å². The Bertz CT molecular complexity index is 591. The number of carbonyl (C=O) groups excluding carboxylic acids is 1. The van der Waals surface area contributed by atoms with Crippen LogP contribution in [0.25, 0.3) is 0 Å². The zero-order valence-corrected chi connectivity index (χ0v) is 17.2. The molecule has 6 heteroatoms. The van der Waals surface area contributed by atoms with Gasteiger partial charge in [-0.15, -0.1) is 12.4 Å². The summed E-state index contributed by atoms with van der Waals surface area (Å²) >= 11 is 6.04. The number of rotatable bonds is 6. The van der Waals surface area contributed by atoms with E-state index < -0.39 is 0 Å². The molecule has 2 saturated heterocycles. The first kappa shape index (κ1) is 21.3. The van der Waals surface area contributed by atoms with Gasteiger partial charge >= 0.3 is 0 Å². The smallest absolute Gasteiger partial charge is 0.260 e. The third-order valence-electron chi connectivity index (χ3n) is 5.42. The Labute approximate surface area is 168 Å². The van der Waals surface area contributed by atoms with Gasteiger partial charge in [-0.1, -0.05) is 11.6 Å². The number of nitrogens with zero attached hydrogens (tertiary/aromatic N) is 2. The molecule has 1 aromatic carbocycles. The number of aryl methyl sites for hydroxylation is 1. The van der Waals surface area contributed by atoms with Crippen molar-refractivity contribution in [3.8, 4) is 5.75 Å². The first-order valence-corrected chi connectivity index (χ1v) is 9.92. The summed E-state index contributed by atoms with van der Waals surface area (Å²) in [6.45, 7) is 6.48. The van der Waals surface area contributed by atoms with E-state index in [2.05, 4.69) is 9.80 Å². The van der Waals surface area contributed by atoms with Crippen molar-refractivity contribution in [2.75, 3.05) is 32.8 Å². The monoisotopic (exact) mass is 400 g/mol. The maximum absolute atomic E-state index is 12.7. The van der Waals surface area contributed by atoms with Crippen LogP contribution in [0.5, 0.6) is 5.75 Å². The fourth-order valence-electron chi connectivity index (χ4n) is 3.90. The Morgan fingerprint density at radius 3 is 2.65 bits per heavy atom. The zero-order valence-electron chi connectivity index (χ0n) is 15.6. The van der Waals surface area contributed by atoms with E-state index in [1.807, 2.05) is 25.1 Å². The summed E-state index contributed by atoms with van der Waals surface area (Å²) in [6, 6.07) is 5.90. The number of amides is 1. The topological polar surface area (TPSA) is 32.8 Å². The van der Waals surface area contributed by atoms with Crippen molar-refractivity contribution in [2.24, 2.45) is 0 Å². The van der Waals surface area contributed by atoms with E-state index in [1.54, 1.807) is 0 Å². The van der Waals surface area contributed by atoms with Crippen LogP contribution in [0.15, 0.2) is 18.2 Å². The maximum atomic E-state index is 12.7. The van der Waals surface area contributed by atoms with E-state index in [1.165, 1.54) is 32.4 Å². The molecule has 1 aromatic rings. The summed E-state index contributed by atoms with van der Waals surface area (Å²) in [5.41, 5.74) is 0.966. The van der Waals surface area contributed by atoms with Crippen molar-refractivity contribution < 1.29 is 9.53 Å². The summed E-state index contributed by atoms with van der Waals surface area (Å²) in [5.74, 6) is 0.819. The average molecular weight is 401 g/mol. The minimum atomic E-state index is 0. The van der Waals surface area contributed by atoms with Crippen LogP contribution in [0.3, 0.4) is 0 Å². The van der Waals surface area contributed by atoms with E-state index >= 15 is 0 Å². The normalized spacial score (nSPS) is 20.7. The van der Waals surface area contributed by atoms with Gasteiger partial charge in [-0.05, 0) is 82.3 Å². The number of hydrogen-bond acceptors (Lipinski definition) is 3. The first-order valence-electron chi connectivity index (χ1n) is 9.54.